The van der Waals surface area contributed by atoms with Gasteiger partial charge in [0, 0.05) is 12.1 Å². The summed E-state index contributed by atoms with van der Waals surface area (Å²) in [5, 5.41) is 14.3. The Labute approximate surface area is 254 Å². The number of H-pyrrole nitrogens is 2. The first-order chi connectivity index (χ1) is 21.2. The van der Waals surface area contributed by atoms with Crippen molar-refractivity contribution in [3.63, 3.8) is 0 Å². The molecule has 44 heavy (non-hydrogen) atoms. The van der Waals surface area contributed by atoms with E-state index in [9.17, 15) is 9.59 Å². The van der Waals surface area contributed by atoms with E-state index in [0.717, 1.165) is 33.5 Å². The number of aromatic nitrogens is 6. The molecule has 0 spiro atoms. The lowest BCUT2D eigenvalue weighted by atomic mass is 9.93. The molecule has 5 aromatic rings. The number of imidazole rings is 1. The number of aryl methyl sites for hydroxylation is 2. The van der Waals surface area contributed by atoms with E-state index < -0.39 is 18.0 Å². The minimum absolute atomic E-state index is 0.225. The van der Waals surface area contributed by atoms with Gasteiger partial charge in [0.15, 0.2) is 0 Å². The molecule has 0 aliphatic carbocycles. The van der Waals surface area contributed by atoms with Crippen molar-refractivity contribution in [2.24, 2.45) is 11.5 Å². The molecular formula is C32H35N9O3. The van der Waals surface area contributed by atoms with Crippen LogP contribution in [0, 0.1) is 13.8 Å². The number of aromatic amines is 2. The molecule has 2 amide bonds. The van der Waals surface area contributed by atoms with Crippen molar-refractivity contribution < 1.29 is 14.3 Å². The van der Waals surface area contributed by atoms with Gasteiger partial charge < -0.3 is 26.1 Å². The summed E-state index contributed by atoms with van der Waals surface area (Å²) in [6, 6.07) is 17.5. The topological polar surface area (TPSA) is 182 Å². The third kappa shape index (κ3) is 6.35. The van der Waals surface area contributed by atoms with Crippen LogP contribution in [0.5, 0.6) is 5.75 Å². The summed E-state index contributed by atoms with van der Waals surface area (Å²) in [7, 11) is 1.57. The minimum Gasteiger partial charge on any atom is -0.496 e. The van der Waals surface area contributed by atoms with Gasteiger partial charge in [0.2, 0.25) is 17.6 Å². The first-order valence-corrected chi connectivity index (χ1v) is 14.1. The Balaban J connectivity index is 1.48. The van der Waals surface area contributed by atoms with E-state index in [0.29, 0.717) is 28.5 Å². The predicted molar refractivity (Wildman–Crippen MR) is 165 cm³/mol. The summed E-state index contributed by atoms with van der Waals surface area (Å²) in [6.07, 6.45) is 2.04. The zero-order valence-corrected chi connectivity index (χ0v) is 25.0. The number of hydrogen-bond donors (Lipinski definition) is 4. The number of hydrogen-bond acceptors (Lipinski definition) is 8. The molecule has 12 heteroatoms. The highest BCUT2D eigenvalue weighted by Gasteiger charge is 2.29. The Bertz CT molecular complexity index is 1740. The molecule has 2 atom stereocenters. The standard InChI is InChI=1S/C32H35N9O3/c1-18-12-23(29(34)42)13-19(2)24(18)15-26(33)32(43)41(20(3)30-35-16-27(36-30)22-8-6-5-7-9-22)17-21-10-11-28(44-4)25(14-21)31-37-39-40-38-31/h5-14,16,20,26H,15,17,33H2,1-4H3,(H2,34,42)(H,35,36)(H,37,38,39,40)/t20-,26-/m0/s1. The van der Waals surface area contributed by atoms with E-state index >= 15 is 0 Å². The third-order valence-electron chi connectivity index (χ3n) is 7.75. The average molecular weight is 594 g/mol. The summed E-state index contributed by atoms with van der Waals surface area (Å²) in [5.41, 5.74) is 18.4. The predicted octanol–water partition coefficient (Wildman–Crippen LogP) is 3.64. The molecule has 0 bridgehead atoms. The van der Waals surface area contributed by atoms with Crippen LogP contribution in [0.3, 0.4) is 0 Å². The Morgan fingerprint density at radius 1 is 1.05 bits per heavy atom. The number of tetrazole rings is 1. The summed E-state index contributed by atoms with van der Waals surface area (Å²) in [5.74, 6) is 0.798. The Morgan fingerprint density at radius 3 is 2.41 bits per heavy atom. The van der Waals surface area contributed by atoms with Crippen molar-refractivity contribution in [1.82, 2.24) is 35.5 Å². The van der Waals surface area contributed by atoms with Crippen LogP contribution in [0.25, 0.3) is 22.6 Å². The Morgan fingerprint density at radius 2 is 1.77 bits per heavy atom. The number of carbonyl (C=O) groups excluding carboxylic acids is 2. The lowest BCUT2D eigenvalue weighted by molar-refractivity contribution is -0.135. The maximum absolute atomic E-state index is 14.2. The molecule has 2 aromatic heterocycles. The van der Waals surface area contributed by atoms with Gasteiger partial charge in [-0.3, -0.25) is 9.59 Å². The molecule has 0 unspecified atom stereocenters. The fourth-order valence-corrected chi connectivity index (χ4v) is 5.35. The monoisotopic (exact) mass is 593 g/mol. The SMILES string of the molecule is COc1ccc(CN(C(=O)[C@@H](N)Cc2c(C)cc(C(N)=O)cc2C)[C@@H](C)c2ncc(-c3ccccc3)[nH]2)cc1-c1nn[nH]n1. The van der Waals surface area contributed by atoms with Gasteiger partial charge in [-0.05, 0) is 84.5 Å². The van der Waals surface area contributed by atoms with Gasteiger partial charge in [-0.15, -0.1) is 10.2 Å². The van der Waals surface area contributed by atoms with E-state index in [1.54, 1.807) is 30.3 Å². The maximum Gasteiger partial charge on any atom is 0.248 e. The van der Waals surface area contributed by atoms with Crippen molar-refractivity contribution in [1.29, 1.82) is 0 Å². The molecule has 226 valence electrons. The normalized spacial score (nSPS) is 12.5. The van der Waals surface area contributed by atoms with Crippen LogP contribution in [0.4, 0.5) is 0 Å². The van der Waals surface area contributed by atoms with Crippen molar-refractivity contribution >= 4 is 11.8 Å². The quantitative estimate of drug-likeness (QED) is 0.179. The van der Waals surface area contributed by atoms with Crippen molar-refractivity contribution in [3.05, 3.63) is 101 Å². The molecule has 0 aliphatic heterocycles. The van der Waals surface area contributed by atoms with Gasteiger partial charge in [0.05, 0.1) is 36.6 Å². The summed E-state index contributed by atoms with van der Waals surface area (Å²) in [6.45, 7) is 5.91. The van der Waals surface area contributed by atoms with E-state index in [2.05, 4.69) is 30.6 Å². The lowest BCUT2D eigenvalue weighted by Gasteiger charge is -2.31. The number of rotatable bonds is 11. The smallest absolute Gasteiger partial charge is 0.248 e. The second kappa shape index (κ2) is 12.9. The van der Waals surface area contributed by atoms with Crippen molar-refractivity contribution in [2.45, 2.75) is 45.8 Å². The molecule has 6 N–H and O–H groups in total. The second-order valence-electron chi connectivity index (χ2n) is 10.7. The van der Waals surface area contributed by atoms with Gasteiger partial charge >= 0.3 is 0 Å². The van der Waals surface area contributed by atoms with Crippen molar-refractivity contribution in [2.75, 3.05) is 7.11 Å². The van der Waals surface area contributed by atoms with Crippen LogP contribution in [0.2, 0.25) is 0 Å². The van der Waals surface area contributed by atoms with Crippen LogP contribution < -0.4 is 16.2 Å². The number of primary amides is 1. The first-order valence-electron chi connectivity index (χ1n) is 14.1. The molecule has 5 rings (SSSR count). The number of ether oxygens (including phenoxy) is 1. The zero-order chi connectivity index (χ0) is 31.4. The van der Waals surface area contributed by atoms with Gasteiger partial charge in [-0.2, -0.15) is 5.21 Å². The number of carbonyl (C=O) groups is 2. The number of nitrogens with one attached hydrogen (secondary N) is 2. The number of amides is 2. The number of benzene rings is 3. The summed E-state index contributed by atoms with van der Waals surface area (Å²) in [4.78, 5) is 35.7. The number of nitrogens with two attached hydrogens (primary N) is 2. The summed E-state index contributed by atoms with van der Waals surface area (Å²) < 4.78 is 5.52. The van der Waals surface area contributed by atoms with E-state index in [-0.39, 0.29) is 18.9 Å². The largest absolute Gasteiger partial charge is 0.496 e. The highest BCUT2D eigenvalue weighted by Crippen LogP contribution is 2.31. The van der Waals surface area contributed by atoms with Gasteiger partial charge in [-0.1, -0.05) is 36.4 Å². The van der Waals surface area contributed by atoms with Crippen LogP contribution in [0.15, 0.2) is 66.9 Å². The van der Waals surface area contributed by atoms with Crippen LogP contribution in [0.1, 0.15) is 51.4 Å². The second-order valence-corrected chi connectivity index (χ2v) is 10.7. The van der Waals surface area contributed by atoms with Crippen LogP contribution in [-0.2, 0) is 17.8 Å². The van der Waals surface area contributed by atoms with Crippen LogP contribution in [-0.4, -0.2) is 60.5 Å². The molecule has 0 aliphatic rings. The number of nitrogens with zero attached hydrogens (tertiary/aromatic N) is 5. The lowest BCUT2D eigenvalue weighted by Crippen LogP contribution is -2.46. The maximum atomic E-state index is 14.2. The van der Waals surface area contributed by atoms with Gasteiger partial charge in [0.1, 0.15) is 11.6 Å². The van der Waals surface area contributed by atoms with E-state index in [4.69, 9.17) is 16.2 Å². The van der Waals surface area contributed by atoms with Crippen LogP contribution >= 0.6 is 0 Å². The highest BCUT2D eigenvalue weighted by molar-refractivity contribution is 5.93. The minimum atomic E-state index is -0.868. The molecule has 0 radical (unpaired) electrons. The fraction of sp³-hybridized carbons (Fsp3) is 0.250. The fourth-order valence-electron chi connectivity index (χ4n) is 5.35. The molecule has 2 heterocycles. The van der Waals surface area contributed by atoms with Crippen molar-refractivity contribution in [3.8, 4) is 28.4 Å². The average Bonchev–Trinajstić information content (AvgIpc) is 3.74. The zero-order valence-electron chi connectivity index (χ0n) is 25.0. The summed E-state index contributed by atoms with van der Waals surface area (Å²) >= 11 is 0. The molecule has 0 saturated carbocycles. The highest BCUT2D eigenvalue weighted by atomic mass is 16.5. The molecular weight excluding hydrogens is 558 g/mol. The third-order valence-corrected chi connectivity index (χ3v) is 7.75. The molecule has 0 fully saturated rings. The first kappa shape index (κ1) is 30.1. The molecule has 12 nitrogen and oxygen atoms in total. The van der Waals surface area contributed by atoms with E-state index in [1.165, 1.54) is 0 Å². The van der Waals surface area contributed by atoms with E-state index in [1.807, 2.05) is 69.3 Å². The number of methoxy groups -OCH3 is 1. The Hall–Kier alpha value is -5.36. The molecule has 3 aromatic carbocycles. The van der Waals surface area contributed by atoms with Gasteiger partial charge in [0.25, 0.3) is 0 Å². The Kier molecular flexibility index (Phi) is 8.81. The van der Waals surface area contributed by atoms with Gasteiger partial charge in [-0.25, -0.2) is 4.98 Å². The molecule has 0 saturated heterocycles.